The molecule has 0 bridgehead atoms. The van der Waals surface area contributed by atoms with Gasteiger partial charge in [-0.1, -0.05) is 72.8 Å². The summed E-state index contributed by atoms with van der Waals surface area (Å²) in [5.74, 6) is -0.0696. The highest BCUT2D eigenvalue weighted by Crippen LogP contribution is 2.25. The number of benzene rings is 3. The number of carbonyl (C=O) groups is 1. The Kier molecular flexibility index (Phi) is 5.69. The molecule has 28 heavy (non-hydrogen) atoms. The van der Waals surface area contributed by atoms with E-state index in [0.717, 1.165) is 29.9 Å². The van der Waals surface area contributed by atoms with Crippen molar-refractivity contribution in [1.82, 2.24) is 5.32 Å². The summed E-state index contributed by atoms with van der Waals surface area (Å²) in [5, 5.41) is 3.25. The number of hydrogen-bond acceptors (Lipinski definition) is 3. The third kappa shape index (κ3) is 4.07. The smallest absolute Gasteiger partial charge is 0.254 e. The second-order valence-electron chi connectivity index (χ2n) is 6.84. The topological polar surface area (TPSA) is 41.6 Å². The summed E-state index contributed by atoms with van der Waals surface area (Å²) < 4.78 is 5.46. The minimum Gasteiger partial charge on any atom is -0.378 e. The van der Waals surface area contributed by atoms with E-state index in [1.54, 1.807) is 0 Å². The standard InChI is InChI=1S/C24H24N2O2/c27-24(21-13-7-8-14-22(21)26-15-17-28-18-16-26)25-23(19-9-3-1-4-10-19)20-11-5-2-6-12-20/h1-14,23H,15-18H2,(H,25,27). The lowest BCUT2D eigenvalue weighted by molar-refractivity contribution is 0.0941. The van der Waals surface area contributed by atoms with Crippen LogP contribution in [0.25, 0.3) is 0 Å². The summed E-state index contributed by atoms with van der Waals surface area (Å²) in [6.07, 6.45) is 0. The van der Waals surface area contributed by atoms with Crippen LogP contribution in [0.1, 0.15) is 27.5 Å². The van der Waals surface area contributed by atoms with E-state index in [1.807, 2.05) is 84.9 Å². The lowest BCUT2D eigenvalue weighted by atomic mass is 9.98. The van der Waals surface area contributed by atoms with Crippen LogP contribution in [-0.4, -0.2) is 32.2 Å². The molecule has 0 spiro atoms. The molecule has 0 saturated carbocycles. The number of ether oxygens (including phenoxy) is 1. The fourth-order valence-corrected chi connectivity index (χ4v) is 3.60. The fourth-order valence-electron chi connectivity index (χ4n) is 3.60. The van der Waals surface area contributed by atoms with Crippen molar-refractivity contribution in [1.29, 1.82) is 0 Å². The van der Waals surface area contributed by atoms with Crippen molar-refractivity contribution in [3.63, 3.8) is 0 Å². The van der Waals surface area contributed by atoms with Crippen molar-refractivity contribution >= 4 is 11.6 Å². The van der Waals surface area contributed by atoms with Gasteiger partial charge < -0.3 is 15.0 Å². The molecule has 1 saturated heterocycles. The maximum atomic E-state index is 13.3. The van der Waals surface area contributed by atoms with E-state index in [4.69, 9.17) is 4.74 Å². The molecular weight excluding hydrogens is 348 g/mol. The molecule has 0 aliphatic carbocycles. The summed E-state index contributed by atoms with van der Waals surface area (Å²) in [6.45, 7) is 2.97. The van der Waals surface area contributed by atoms with Crippen molar-refractivity contribution < 1.29 is 9.53 Å². The molecular formula is C24H24N2O2. The second kappa shape index (κ2) is 8.72. The minimum atomic E-state index is -0.201. The van der Waals surface area contributed by atoms with Crippen molar-refractivity contribution in [2.75, 3.05) is 31.2 Å². The molecule has 142 valence electrons. The molecule has 3 aromatic carbocycles. The summed E-state index contributed by atoms with van der Waals surface area (Å²) in [4.78, 5) is 15.5. The lowest BCUT2D eigenvalue weighted by Gasteiger charge is -2.30. The largest absolute Gasteiger partial charge is 0.378 e. The normalized spacial score (nSPS) is 14.1. The Hall–Kier alpha value is -3.11. The van der Waals surface area contributed by atoms with Crippen LogP contribution in [0, 0.1) is 0 Å². The van der Waals surface area contributed by atoms with Gasteiger partial charge in [-0.15, -0.1) is 0 Å². The van der Waals surface area contributed by atoms with Crippen LogP contribution in [0.5, 0.6) is 0 Å². The van der Waals surface area contributed by atoms with E-state index >= 15 is 0 Å². The summed E-state index contributed by atoms with van der Waals surface area (Å²) >= 11 is 0. The highest BCUT2D eigenvalue weighted by atomic mass is 16.5. The quantitative estimate of drug-likeness (QED) is 0.735. The number of para-hydroxylation sites is 1. The zero-order valence-corrected chi connectivity index (χ0v) is 15.8. The number of hydrogen-bond donors (Lipinski definition) is 1. The predicted molar refractivity (Wildman–Crippen MR) is 112 cm³/mol. The van der Waals surface area contributed by atoms with Crippen LogP contribution in [0.4, 0.5) is 5.69 Å². The highest BCUT2D eigenvalue weighted by molar-refractivity contribution is 6.00. The first-order valence-corrected chi connectivity index (χ1v) is 9.65. The van der Waals surface area contributed by atoms with Gasteiger partial charge in [0, 0.05) is 18.8 Å². The van der Waals surface area contributed by atoms with Gasteiger partial charge in [-0.05, 0) is 23.3 Å². The molecule has 3 aromatic rings. The molecule has 0 unspecified atom stereocenters. The summed E-state index contributed by atoms with van der Waals surface area (Å²) in [7, 11) is 0. The zero-order chi connectivity index (χ0) is 19.2. The fraction of sp³-hybridized carbons (Fsp3) is 0.208. The number of morpholine rings is 1. The first kappa shape index (κ1) is 18.3. The van der Waals surface area contributed by atoms with Gasteiger partial charge in [0.15, 0.2) is 0 Å². The molecule has 1 aliphatic rings. The Morgan fingerprint density at radius 1 is 0.786 bits per heavy atom. The van der Waals surface area contributed by atoms with E-state index in [2.05, 4.69) is 10.2 Å². The minimum absolute atomic E-state index is 0.0696. The monoisotopic (exact) mass is 372 g/mol. The SMILES string of the molecule is O=C(NC(c1ccccc1)c1ccccc1)c1ccccc1N1CCOCC1. The number of carbonyl (C=O) groups excluding carboxylic acids is 1. The first-order chi connectivity index (χ1) is 13.8. The van der Waals surface area contributed by atoms with Crippen LogP contribution >= 0.6 is 0 Å². The Labute approximate surface area is 165 Å². The first-order valence-electron chi connectivity index (χ1n) is 9.65. The molecule has 4 nitrogen and oxygen atoms in total. The van der Waals surface area contributed by atoms with Gasteiger partial charge in [0.2, 0.25) is 0 Å². The van der Waals surface area contributed by atoms with E-state index in [0.29, 0.717) is 18.8 Å². The van der Waals surface area contributed by atoms with Gasteiger partial charge >= 0.3 is 0 Å². The number of rotatable bonds is 5. The van der Waals surface area contributed by atoms with Gasteiger partial charge in [-0.25, -0.2) is 0 Å². The van der Waals surface area contributed by atoms with Crippen LogP contribution in [0.3, 0.4) is 0 Å². The Morgan fingerprint density at radius 2 is 1.32 bits per heavy atom. The lowest BCUT2D eigenvalue weighted by Crippen LogP contribution is -2.38. The maximum absolute atomic E-state index is 13.3. The Balaban J connectivity index is 1.64. The van der Waals surface area contributed by atoms with Crippen molar-refractivity contribution in [3.8, 4) is 0 Å². The van der Waals surface area contributed by atoms with Crippen LogP contribution in [-0.2, 0) is 4.74 Å². The predicted octanol–water partition coefficient (Wildman–Crippen LogP) is 4.04. The van der Waals surface area contributed by atoms with Gasteiger partial charge in [-0.2, -0.15) is 0 Å². The number of nitrogens with zero attached hydrogens (tertiary/aromatic N) is 1. The molecule has 0 radical (unpaired) electrons. The van der Waals surface area contributed by atoms with Gasteiger partial charge in [0.25, 0.3) is 5.91 Å². The molecule has 1 aliphatic heterocycles. The molecule has 0 aromatic heterocycles. The van der Waals surface area contributed by atoms with Crippen LogP contribution in [0.2, 0.25) is 0 Å². The van der Waals surface area contributed by atoms with Crippen LogP contribution in [0.15, 0.2) is 84.9 Å². The molecule has 4 rings (SSSR count). The molecule has 4 heteroatoms. The molecule has 1 amide bonds. The third-order valence-corrected chi connectivity index (χ3v) is 5.04. The average Bonchev–Trinajstić information content (AvgIpc) is 2.79. The van der Waals surface area contributed by atoms with Crippen LogP contribution < -0.4 is 10.2 Å². The second-order valence-corrected chi connectivity index (χ2v) is 6.84. The van der Waals surface area contributed by atoms with E-state index in [1.165, 1.54) is 0 Å². The molecule has 1 heterocycles. The van der Waals surface area contributed by atoms with E-state index < -0.39 is 0 Å². The highest BCUT2D eigenvalue weighted by Gasteiger charge is 2.22. The van der Waals surface area contributed by atoms with Gasteiger partial charge in [0.1, 0.15) is 0 Å². The molecule has 1 N–H and O–H groups in total. The zero-order valence-electron chi connectivity index (χ0n) is 15.8. The molecule has 0 atom stereocenters. The maximum Gasteiger partial charge on any atom is 0.254 e. The van der Waals surface area contributed by atoms with Crippen molar-refractivity contribution in [2.45, 2.75) is 6.04 Å². The third-order valence-electron chi connectivity index (χ3n) is 5.04. The Bertz CT molecular complexity index is 867. The van der Waals surface area contributed by atoms with Gasteiger partial charge in [-0.3, -0.25) is 4.79 Å². The van der Waals surface area contributed by atoms with Gasteiger partial charge in [0.05, 0.1) is 24.8 Å². The average molecular weight is 372 g/mol. The number of anilines is 1. The summed E-state index contributed by atoms with van der Waals surface area (Å²) in [5.41, 5.74) is 3.78. The van der Waals surface area contributed by atoms with Crippen molar-refractivity contribution in [3.05, 3.63) is 102 Å². The van der Waals surface area contributed by atoms with Crippen molar-refractivity contribution in [2.24, 2.45) is 0 Å². The van der Waals surface area contributed by atoms with E-state index in [9.17, 15) is 4.79 Å². The van der Waals surface area contributed by atoms with E-state index in [-0.39, 0.29) is 11.9 Å². The Morgan fingerprint density at radius 3 is 1.93 bits per heavy atom. The summed E-state index contributed by atoms with van der Waals surface area (Å²) in [6, 6.07) is 27.8. The number of nitrogens with one attached hydrogen (secondary N) is 1. The molecule has 1 fully saturated rings. The number of amides is 1.